The van der Waals surface area contributed by atoms with Gasteiger partial charge in [-0.3, -0.25) is 0 Å². The smallest absolute Gasteiger partial charge is 0.163 e. The van der Waals surface area contributed by atoms with Gasteiger partial charge in [-0.05, 0) is 28.3 Å². The number of benzene rings is 3. The zero-order valence-corrected chi connectivity index (χ0v) is 17.8. The number of aromatic nitrogens is 3. The lowest BCUT2D eigenvalue weighted by Crippen LogP contribution is -2.14. The summed E-state index contributed by atoms with van der Waals surface area (Å²) in [6.07, 6.45) is 0. The van der Waals surface area contributed by atoms with E-state index in [1.165, 1.54) is 22.3 Å². The molecule has 1 aromatic heterocycles. The monoisotopic (exact) mass is 391 g/mol. The number of nitrogens with zero attached hydrogens (tertiary/aromatic N) is 3. The highest BCUT2D eigenvalue weighted by Gasteiger charge is 2.35. The zero-order valence-electron chi connectivity index (χ0n) is 17.8. The number of fused-ring (bicyclic) bond motifs is 3. The standard InChI is InChI=1S/C27H25N3/c1-17(2)24-28-25(18-10-6-5-7-11-18)30-26(29-24)19-14-15-23-21(16-19)20-12-8-9-13-22(20)27(23,3)4/h5-17H,1-4H3. The summed E-state index contributed by atoms with van der Waals surface area (Å²) >= 11 is 0. The Labute approximate surface area is 177 Å². The molecule has 3 nitrogen and oxygen atoms in total. The molecule has 0 bridgehead atoms. The van der Waals surface area contributed by atoms with Gasteiger partial charge in [-0.2, -0.15) is 0 Å². The highest BCUT2D eigenvalue weighted by Crippen LogP contribution is 2.49. The van der Waals surface area contributed by atoms with Crippen LogP contribution in [0.25, 0.3) is 33.9 Å². The van der Waals surface area contributed by atoms with Gasteiger partial charge in [-0.1, -0.05) is 94.4 Å². The average molecular weight is 392 g/mol. The average Bonchev–Trinajstić information content (AvgIpc) is 3.01. The summed E-state index contributed by atoms with van der Waals surface area (Å²) in [7, 11) is 0. The van der Waals surface area contributed by atoms with Gasteiger partial charge in [0, 0.05) is 22.5 Å². The van der Waals surface area contributed by atoms with Crippen molar-refractivity contribution in [2.75, 3.05) is 0 Å². The lowest BCUT2D eigenvalue weighted by Gasteiger charge is -2.21. The summed E-state index contributed by atoms with van der Waals surface area (Å²) < 4.78 is 0. The van der Waals surface area contributed by atoms with Gasteiger partial charge in [0.2, 0.25) is 0 Å². The van der Waals surface area contributed by atoms with Gasteiger partial charge in [-0.25, -0.2) is 15.0 Å². The Hall–Kier alpha value is -3.33. The fourth-order valence-corrected chi connectivity index (χ4v) is 4.36. The van der Waals surface area contributed by atoms with Crippen molar-refractivity contribution in [2.24, 2.45) is 0 Å². The lowest BCUT2D eigenvalue weighted by molar-refractivity contribution is 0.660. The van der Waals surface area contributed by atoms with Crippen LogP contribution in [0.1, 0.15) is 50.6 Å². The zero-order chi connectivity index (χ0) is 20.9. The van der Waals surface area contributed by atoms with E-state index in [9.17, 15) is 0 Å². The normalized spacial score (nSPS) is 13.9. The van der Waals surface area contributed by atoms with Crippen LogP contribution in [-0.2, 0) is 5.41 Å². The van der Waals surface area contributed by atoms with Crippen LogP contribution in [0.4, 0.5) is 0 Å². The molecule has 3 heteroatoms. The fraction of sp³-hybridized carbons (Fsp3) is 0.222. The highest BCUT2D eigenvalue weighted by molar-refractivity contribution is 5.83. The molecule has 30 heavy (non-hydrogen) atoms. The predicted molar refractivity (Wildman–Crippen MR) is 122 cm³/mol. The lowest BCUT2D eigenvalue weighted by atomic mass is 9.82. The van der Waals surface area contributed by atoms with Crippen LogP contribution < -0.4 is 0 Å². The Morgan fingerprint density at radius 1 is 0.633 bits per heavy atom. The van der Waals surface area contributed by atoms with E-state index in [1.807, 2.05) is 30.3 Å². The van der Waals surface area contributed by atoms with Gasteiger partial charge < -0.3 is 0 Å². The topological polar surface area (TPSA) is 38.7 Å². The van der Waals surface area contributed by atoms with E-state index in [0.29, 0.717) is 0 Å². The first kappa shape index (κ1) is 18.7. The summed E-state index contributed by atoms with van der Waals surface area (Å²) in [4.78, 5) is 14.4. The maximum absolute atomic E-state index is 4.85. The van der Waals surface area contributed by atoms with Crippen molar-refractivity contribution in [1.82, 2.24) is 15.0 Å². The minimum atomic E-state index is 0.00183. The Kier molecular flexibility index (Phi) is 4.28. The summed E-state index contributed by atoms with van der Waals surface area (Å²) in [6, 6.07) is 25.5. The second-order valence-electron chi connectivity index (χ2n) is 8.79. The van der Waals surface area contributed by atoms with Crippen molar-refractivity contribution >= 4 is 0 Å². The van der Waals surface area contributed by atoms with Crippen LogP contribution in [0.2, 0.25) is 0 Å². The number of hydrogen-bond acceptors (Lipinski definition) is 3. The minimum Gasteiger partial charge on any atom is -0.213 e. The molecule has 0 unspecified atom stereocenters. The molecule has 1 aliphatic carbocycles. The maximum atomic E-state index is 4.85. The van der Waals surface area contributed by atoms with Crippen LogP contribution in [0, 0.1) is 0 Å². The molecule has 1 aliphatic rings. The second kappa shape index (κ2) is 6.88. The number of hydrogen-bond donors (Lipinski definition) is 0. The van der Waals surface area contributed by atoms with Crippen molar-refractivity contribution in [3.8, 4) is 33.9 Å². The molecule has 5 rings (SSSR count). The van der Waals surface area contributed by atoms with E-state index in [4.69, 9.17) is 15.0 Å². The van der Waals surface area contributed by atoms with E-state index in [-0.39, 0.29) is 11.3 Å². The molecule has 148 valence electrons. The maximum Gasteiger partial charge on any atom is 0.163 e. The first-order valence-electron chi connectivity index (χ1n) is 10.5. The number of rotatable bonds is 3. The molecular formula is C27H25N3. The summed E-state index contributed by atoms with van der Waals surface area (Å²) in [5, 5.41) is 0. The molecule has 0 saturated carbocycles. The Morgan fingerprint density at radius 3 is 2.00 bits per heavy atom. The molecular weight excluding hydrogens is 366 g/mol. The van der Waals surface area contributed by atoms with Crippen molar-refractivity contribution in [3.63, 3.8) is 0 Å². The van der Waals surface area contributed by atoms with Crippen LogP contribution in [0.3, 0.4) is 0 Å². The third-order valence-electron chi connectivity index (χ3n) is 6.04. The van der Waals surface area contributed by atoms with Gasteiger partial charge in [0.25, 0.3) is 0 Å². The third-order valence-corrected chi connectivity index (χ3v) is 6.04. The Morgan fingerprint density at radius 2 is 1.27 bits per heavy atom. The minimum absolute atomic E-state index is 0.00183. The van der Waals surface area contributed by atoms with E-state index >= 15 is 0 Å². The molecule has 0 atom stereocenters. The van der Waals surface area contributed by atoms with E-state index in [0.717, 1.165) is 28.6 Å². The Balaban J connectivity index is 1.69. The Bertz CT molecular complexity index is 1240. The van der Waals surface area contributed by atoms with Crippen molar-refractivity contribution in [1.29, 1.82) is 0 Å². The quantitative estimate of drug-likeness (QED) is 0.393. The van der Waals surface area contributed by atoms with Gasteiger partial charge in [0.15, 0.2) is 11.6 Å². The van der Waals surface area contributed by atoms with Gasteiger partial charge >= 0.3 is 0 Å². The summed E-state index contributed by atoms with van der Waals surface area (Å²) in [6.45, 7) is 8.83. The first-order valence-corrected chi connectivity index (χ1v) is 10.5. The van der Waals surface area contributed by atoms with Crippen LogP contribution >= 0.6 is 0 Å². The van der Waals surface area contributed by atoms with Gasteiger partial charge in [0.05, 0.1) is 0 Å². The molecule has 0 radical (unpaired) electrons. The van der Waals surface area contributed by atoms with E-state index < -0.39 is 0 Å². The van der Waals surface area contributed by atoms with Crippen LogP contribution in [0.15, 0.2) is 72.8 Å². The highest BCUT2D eigenvalue weighted by atomic mass is 15.0. The van der Waals surface area contributed by atoms with Crippen molar-refractivity contribution < 1.29 is 0 Å². The molecule has 0 fully saturated rings. The van der Waals surface area contributed by atoms with Gasteiger partial charge in [-0.15, -0.1) is 0 Å². The van der Waals surface area contributed by atoms with E-state index in [2.05, 4.69) is 70.2 Å². The largest absolute Gasteiger partial charge is 0.213 e. The first-order chi connectivity index (χ1) is 14.4. The summed E-state index contributed by atoms with van der Waals surface area (Å²) in [5.41, 5.74) is 7.36. The van der Waals surface area contributed by atoms with Crippen LogP contribution in [0.5, 0.6) is 0 Å². The predicted octanol–water partition coefficient (Wildman–Crippen LogP) is 6.64. The molecule has 0 N–H and O–H groups in total. The molecule has 1 heterocycles. The fourth-order valence-electron chi connectivity index (χ4n) is 4.36. The molecule has 0 amide bonds. The van der Waals surface area contributed by atoms with E-state index in [1.54, 1.807) is 0 Å². The molecule has 0 saturated heterocycles. The molecule has 0 aliphatic heterocycles. The second-order valence-corrected chi connectivity index (χ2v) is 8.79. The van der Waals surface area contributed by atoms with Gasteiger partial charge in [0.1, 0.15) is 5.82 Å². The third kappa shape index (κ3) is 2.93. The van der Waals surface area contributed by atoms with Crippen LogP contribution in [-0.4, -0.2) is 15.0 Å². The molecule has 0 spiro atoms. The summed E-state index contributed by atoms with van der Waals surface area (Å²) in [5.74, 6) is 2.51. The van der Waals surface area contributed by atoms with Crippen molar-refractivity contribution in [3.05, 3.63) is 89.7 Å². The molecule has 4 aromatic rings. The van der Waals surface area contributed by atoms with Crippen molar-refractivity contribution in [2.45, 2.75) is 39.0 Å². The SMILES string of the molecule is CC(C)c1nc(-c2ccccc2)nc(-c2ccc3c(c2)-c2ccccc2C3(C)C)n1. The molecule has 3 aromatic carbocycles.